The Kier molecular flexibility index (Phi) is 4.84. The van der Waals surface area contributed by atoms with Crippen molar-refractivity contribution in [3.05, 3.63) is 53.7 Å². The van der Waals surface area contributed by atoms with Crippen molar-refractivity contribution in [2.75, 3.05) is 6.61 Å². The first-order chi connectivity index (χ1) is 10.3. The molecule has 1 heterocycles. The van der Waals surface area contributed by atoms with Gasteiger partial charge < -0.3 is 4.74 Å². The fourth-order valence-electron chi connectivity index (χ4n) is 1.78. The molecule has 0 aliphatic rings. The molecule has 104 valence electrons. The van der Waals surface area contributed by atoms with Gasteiger partial charge in [0.1, 0.15) is 18.1 Å². The number of nitrogens with zero attached hydrogens (tertiary/aromatic N) is 3. The van der Waals surface area contributed by atoms with Gasteiger partial charge in [0, 0.05) is 11.6 Å². The molecule has 21 heavy (non-hydrogen) atoms. The van der Waals surface area contributed by atoms with E-state index < -0.39 is 11.7 Å². The van der Waals surface area contributed by atoms with E-state index in [2.05, 4.69) is 27.9 Å². The van der Waals surface area contributed by atoms with E-state index in [-0.39, 0.29) is 12.2 Å². The molecule has 4 nitrogen and oxygen atoms in total. The fourth-order valence-corrected chi connectivity index (χ4v) is 1.78. The van der Waals surface area contributed by atoms with E-state index >= 15 is 0 Å². The van der Waals surface area contributed by atoms with Crippen LogP contribution in [0.4, 0.5) is 4.39 Å². The van der Waals surface area contributed by atoms with Gasteiger partial charge in [-0.25, -0.2) is 14.4 Å². The van der Waals surface area contributed by atoms with E-state index in [0.29, 0.717) is 11.6 Å². The Bertz CT molecular complexity index is 728. The van der Waals surface area contributed by atoms with Gasteiger partial charge in [-0.2, -0.15) is 5.26 Å². The van der Waals surface area contributed by atoms with Gasteiger partial charge in [-0.05, 0) is 13.0 Å². The van der Waals surface area contributed by atoms with Crippen LogP contribution in [-0.2, 0) is 0 Å². The molecule has 0 radical (unpaired) electrons. The molecule has 1 atom stereocenters. The Labute approximate surface area is 122 Å². The van der Waals surface area contributed by atoms with Crippen molar-refractivity contribution in [1.29, 1.82) is 5.26 Å². The number of rotatable bonds is 4. The molecule has 0 saturated heterocycles. The number of hydrogen-bond acceptors (Lipinski definition) is 4. The summed E-state index contributed by atoms with van der Waals surface area (Å²) in [5, 5.41) is 9.32. The van der Waals surface area contributed by atoms with Gasteiger partial charge in [-0.3, -0.25) is 0 Å². The quantitative estimate of drug-likeness (QED) is 0.808. The zero-order valence-corrected chi connectivity index (χ0v) is 11.4. The summed E-state index contributed by atoms with van der Waals surface area (Å²) in [4.78, 5) is 7.98. The zero-order chi connectivity index (χ0) is 15.1. The van der Waals surface area contributed by atoms with Crippen molar-refractivity contribution < 1.29 is 9.13 Å². The van der Waals surface area contributed by atoms with Gasteiger partial charge >= 0.3 is 0 Å². The molecule has 0 N–H and O–H groups in total. The molecule has 0 spiro atoms. The lowest BCUT2D eigenvalue weighted by molar-refractivity contribution is 0.353. The Morgan fingerprint density at radius 1 is 1.33 bits per heavy atom. The Morgan fingerprint density at radius 2 is 2.14 bits per heavy atom. The summed E-state index contributed by atoms with van der Waals surface area (Å²) in [7, 11) is 0. The van der Waals surface area contributed by atoms with Crippen LogP contribution in [0.25, 0.3) is 0 Å². The van der Waals surface area contributed by atoms with Gasteiger partial charge in [-0.15, -0.1) is 5.92 Å². The molecule has 1 unspecified atom stereocenters. The lowest BCUT2D eigenvalue weighted by Crippen LogP contribution is -2.05. The molecular weight excluding hydrogens is 269 g/mol. The SMILES string of the molecule is CC#CCOc1cc(C(C#N)c2ccccc2F)ncn1. The molecular formula is C16H12FN3O. The van der Waals surface area contributed by atoms with E-state index in [1.54, 1.807) is 25.1 Å². The van der Waals surface area contributed by atoms with Crippen LogP contribution in [0.1, 0.15) is 24.1 Å². The summed E-state index contributed by atoms with van der Waals surface area (Å²) in [6.07, 6.45) is 1.29. The Morgan fingerprint density at radius 3 is 2.86 bits per heavy atom. The number of hydrogen-bond donors (Lipinski definition) is 0. The fraction of sp³-hybridized carbons (Fsp3) is 0.188. The van der Waals surface area contributed by atoms with E-state index in [4.69, 9.17) is 4.74 Å². The number of halogens is 1. The average molecular weight is 281 g/mol. The van der Waals surface area contributed by atoms with Crippen molar-refractivity contribution in [1.82, 2.24) is 9.97 Å². The molecule has 0 saturated carbocycles. The smallest absolute Gasteiger partial charge is 0.217 e. The number of benzene rings is 1. The maximum absolute atomic E-state index is 13.8. The minimum absolute atomic E-state index is 0.198. The zero-order valence-electron chi connectivity index (χ0n) is 11.4. The normalized spacial score (nSPS) is 10.9. The largest absolute Gasteiger partial charge is 0.464 e. The molecule has 0 bridgehead atoms. The maximum atomic E-state index is 13.8. The highest BCUT2D eigenvalue weighted by molar-refractivity contribution is 5.36. The van der Waals surface area contributed by atoms with Gasteiger partial charge in [0.25, 0.3) is 0 Å². The molecule has 0 aliphatic heterocycles. The summed E-state index contributed by atoms with van der Waals surface area (Å²) >= 11 is 0. The van der Waals surface area contributed by atoms with Gasteiger partial charge in [0.15, 0.2) is 6.61 Å². The summed E-state index contributed by atoms with van der Waals surface area (Å²) < 4.78 is 19.1. The number of ether oxygens (including phenoxy) is 1. The van der Waals surface area contributed by atoms with Crippen molar-refractivity contribution in [3.63, 3.8) is 0 Å². The lowest BCUT2D eigenvalue weighted by atomic mass is 9.96. The Balaban J connectivity index is 2.30. The molecule has 0 amide bonds. The third kappa shape index (κ3) is 3.55. The van der Waals surface area contributed by atoms with Crippen molar-refractivity contribution in [2.45, 2.75) is 12.8 Å². The van der Waals surface area contributed by atoms with Crippen LogP contribution in [0.2, 0.25) is 0 Å². The second-order valence-corrected chi connectivity index (χ2v) is 4.08. The average Bonchev–Trinajstić information content (AvgIpc) is 2.51. The molecule has 1 aromatic heterocycles. The highest BCUT2D eigenvalue weighted by atomic mass is 19.1. The maximum Gasteiger partial charge on any atom is 0.217 e. The Hall–Kier alpha value is -2.92. The second kappa shape index (κ2) is 7.02. The summed E-state index contributed by atoms with van der Waals surface area (Å²) in [5.74, 6) is 4.49. The van der Waals surface area contributed by atoms with Gasteiger partial charge in [0.2, 0.25) is 5.88 Å². The van der Waals surface area contributed by atoms with E-state index in [1.807, 2.05) is 0 Å². The van der Waals surface area contributed by atoms with Crippen LogP contribution < -0.4 is 4.74 Å². The van der Waals surface area contributed by atoms with Crippen LogP contribution in [0.3, 0.4) is 0 Å². The highest BCUT2D eigenvalue weighted by Crippen LogP contribution is 2.25. The number of nitriles is 1. The standard InChI is InChI=1S/C16H12FN3O/c1-2-3-8-21-16-9-15(19-11-20-16)13(10-18)12-6-4-5-7-14(12)17/h4-7,9,11,13H,8H2,1H3. The van der Waals surface area contributed by atoms with Gasteiger partial charge in [-0.1, -0.05) is 24.1 Å². The molecule has 0 aliphatic carbocycles. The highest BCUT2D eigenvalue weighted by Gasteiger charge is 2.19. The molecule has 0 fully saturated rings. The van der Waals surface area contributed by atoms with E-state index in [1.165, 1.54) is 18.5 Å². The van der Waals surface area contributed by atoms with Crippen LogP contribution in [0.15, 0.2) is 36.7 Å². The van der Waals surface area contributed by atoms with E-state index in [9.17, 15) is 9.65 Å². The lowest BCUT2D eigenvalue weighted by Gasteiger charge is -2.10. The molecule has 2 rings (SSSR count). The minimum atomic E-state index is -0.811. The van der Waals surface area contributed by atoms with Crippen LogP contribution >= 0.6 is 0 Å². The molecule has 1 aromatic carbocycles. The predicted octanol–water partition coefficient (Wildman–Crippen LogP) is 2.67. The predicted molar refractivity (Wildman–Crippen MR) is 74.8 cm³/mol. The summed E-state index contributed by atoms with van der Waals surface area (Å²) in [6, 6.07) is 9.71. The summed E-state index contributed by atoms with van der Waals surface area (Å²) in [5.41, 5.74) is 0.662. The third-order valence-electron chi connectivity index (χ3n) is 2.77. The summed E-state index contributed by atoms with van der Waals surface area (Å²) in [6.45, 7) is 1.91. The van der Waals surface area contributed by atoms with Crippen molar-refractivity contribution in [2.24, 2.45) is 0 Å². The van der Waals surface area contributed by atoms with Crippen LogP contribution in [-0.4, -0.2) is 16.6 Å². The first-order valence-corrected chi connectivity index (χ1v) is 6.24. The van der Waals surface area contributed by atoms with Crippen LogP contribution in [0.5, 0.6) is 5.88 Å². The first-order valence-electron chi connectivity index (χ1n) is 6.24. The van der Waals surface area contributed by atoms with Crippen molar-refractivity contribution >= 4 is 0 Å². The van der Waals surface area contributed by atoms with Gasteiger partial charge in [0.05, 0.1) is 11.8 Å². The van der Waals surface area contributed by atoms with Crippen LogP contribution in [0, 0.1) is 29.0 Å². The minimum Gasteiger partial charge on any atom is -0.464 e. The monoisotopic (exact) mass is 281 g/mol. The molecule has 5 heteroatoms. The topological polar surface area (TPSA) is 58.8 Å². The number of aromatic nitrogens is 2. The van der Waals surface area contributed by atoms with E-state index in [0.717, 1.165) is 0 Å². The third-order valence-corrected chi connectivity index (χ3v) is 2.77. The molecule has 2 aromatic rings. The first kappa shape index (κ1) is 14.5. The van der Waals surface area contributed by atoms with Crippen molar-refractivity contribution in [3.8, 4) is 23.8 Å². The second-order valence-electron chi connectivity index (χ2n) is 4.08.